The van der Waals surface area contributed by atoms with Gasteiger partial charge in [-0.15, -0.1) is 11.3 Å². The number of imide groups is 1. The van der Waals surface area contributed by atoms with E-state index in [4.69, 9.17) is 0 Å². The van der Waals surface area contributed by atoms with E-state index in [2.05, 4.69) is 10.5 Å². The molecule has 0 bridgehead atoms. The van der Waals surface area contributed by atoms with Gasteiger partial charge in [-0.2, -0.15) is 16.4 Å². The molecule has 0 spiro atoms. The quantitative estimate of drug-likeness (QED) is 0.691. The topological polar surface area (TPSA) is 70.5 Å². The predicted molar refractivity (Wildman–Crippen MR) is 71.1 cm³/mol. The lowest BCUT2D eigenvalue weighted by atomic mass is 10.1. The normalized spacial score (nSPS) is 10.4. The Hall–Kier alpha value is -1.57. The van der Waals surface area contributed by atoms with Gasteiger partial charge in [0.2, 0.25) is 5.91 Å². The number of nitrogens with zero attached hydrogens (tertiary/aromatic N) is 2. The first-order valence-electron chi connectivity index (χ1n) is 5.46. The van der Waals surface area contributed by atoms with Gasteiger partial charge in [0.05, 0.1) is 12.1 Å². The van der Waals surface area contributed by atoms with Gasteiger partial charge in [-0.05, 0) is 22.4 Å². The number of thiophene rings is 1. The largest absolute Gasteiger partial charge is 0.279 e. The number of aromatic nitrogens is 1. The van der Waals surface area contributed by atoms with Gasteiger partial charge >= 0.3 is 0 Å². The zero-order chi connectivity index (χ0) is 13.8. The van der Waals surface area contributed by atoms with Crippen molar-refractivity contribution in [2.75, 3.05) is 0 Å². The van der Waals surface area contributed by atoms with Crippen molar-refractivity contribution in [2.45, 2.75) is 19.8 Å². The number of carbonyl (C=O) groups excluding carboxylic acids is 2. The maximum Gasteiger partial charge on any atom is 0.259 e. The molecule has 5 nitrogen and oxygen atoms in total. The molecule has 1 radical (unpaired) electrons. The number of thiazole rings is 1. The lowest BCUT2D eigenvalue weighted by Gasteiger charge is -2.09. The Kier molecular flexibility index (Phi) is 4.41. The maximum atomic E-state index is 11.6. The highest BCUT2D eigenvalue weighted by molar-refractivity contribution is 7.09. The molecule has 99 valence electrons. The second-order valence-corrected chi connectivity index (χ2v) is 5.54. The van der Waals surface area contributed by atoms with Crippen molar-refractivity contribution in [3.63, 3.8) is 0 Å². The zero-order valence-electron chi connectivity index (χ0n) is 10.1. The van der Waals surface area contributed by atoms with E-state index < -0.39 is 11.8 Å². The highest BCUT2D eigenvalue weighted by atomic mass is 32.1. The van der Waals surface area contributed by atoms with Crippen LogP contribution >= 0.6 is 22.7 Å². The van der Waals surface area contributed by atoms with E-state index >= 15 is 0 Å². The minimum atomic E-state index is -0.705. The van der Waals surface area contributed by atoms with Gasteiger partial charge in [0.15, 0.2) is 5.51 Å². The van der Waals surface area contributed by atoms with Crippen LogP contribution in [0.4, 0.5) is 0 Å². The van der Waals surface area contributed by atoms with E-state index in [1.54, 1.807) is 11.3 Å². The maximum absolute atomic E-state index is 11.6. The average molecular weight is 295 g/mol. The summed E-state index contributed by atoms with van der Waals surface area (Å²) in [7, 11) is 0. The predicted octanol–water partition coefficient (Wildman–Crippen LogP) is 1.90. The van der Waals surface area contributed by atoms with Crippen molar-refractivity contribution in [3.05, 3.63) is 38.5 Å². The van der Waals surface area contributed by atoms with Gasteiger partial charge < -0.3 is 0 Å². The van der Waals surface area contributed by atoms with Crippen LogP contribution in [0.3, 0.4) is 0 Å². The van der Waals surface area contributed by atoms with Crippen molar-refractivity contribution in [1.82, 2.24) is 10.0 Å². The molecule has 0 saturated heterocycles. The summed E-state index contributed by atoms with van der Waals surface area (Å²) in [6.07, 6.45) is 0.578. The fourth-order valence-corrected chi connectivity index (χ4v) is 2.91. The van der Waals surface area contributed by atoms with Gasteiger partial charge in [-0.3, -0.25) is 14.8 Å². The number of hydrogen-bond donors (Lipinski definition) is 1. The summed E-state index contributed by atoms with van der Waals surface area (Å²) in [5.74, 6) is -1.39. The lowest BCUT2D eigenvalue weighted by molar-refractivity contribution is -0.176. The smallest absolute Gasteiger partial charge is 0.259 e. The molecule has 0 fully saturated rings. The first-order valence-corrected chi connectivity index (χ1v) is 7.22. The summed E-state index contributed by atoms with van der Waals surface area (Å²) in [5, 5.41) is 13.4. The molecule has 2 heterocycles. The Labute approximate surface area is 118 Å². The summed E-state index contributed by atoms with van der Waals surface area (Å²) in [6.45, 7) is 1.12. The molecule has 1 N–H and O–H groups in total. The summed E-state index contributed by atoms with van der Waals surface area (Å²) >= 11 is 2.95. The second-order valence-electron chi connectivity index (χ2n) is 3.88. The number of hydrogen-bond acceptors (Lipinski definition) is 6. The van der Waals surface area contributed by atoms with Gasteiger partial charge in [-0.1, -0.05) is 0 Å². The SMILES string of the molecule is CC(=O)N(O)C(=O)Cc1n[c]sc1Cc1ccsc1. The molecule has 0 saturated carbocycles. The van der Waals surface area contributed by atoms with Crippen LogP contribution in [-0.4, -0.2) is 27.1 Å². The molecule has 7 heteroatoms. The molecule has 0 unspecified atom stereocenters. The molecule has 0 aliphatic carbocycles. The van der Waals surface area contributed by atoms with Crippen LogP contribution in [0.2, 0.25) is 0 Å². The lowest BCUT2D eigenvalue weighted by Crippen LogP contribution is -2.33. The molecular weight excluding hydrogens is 284 g/mol. The van der Waals surface area contributed by atoms with Crippen molar-refractivity contribution in [3.8, 4) is 0 Å². The van der Waals surface area contributed by atoms with Crippen molar-refractivity contribution in [1.29, 1.82) is 0 Å². The van der Waals surface area contributed by atoms with Crippen molar-refractivity contribution >= 4 is 34.5 Å². The van der Waals surface area contributed by atoms with Gasteiger partial charge in [-0.25, -0.2) is 4.98 Å². The van der Waals surface area contributed by atoms with Gasteiger partial charge in [0.1, 0.15) is 0 Å². The molecule has 0 atom stereocenters. The van der Waals surface area contributed by atoms with Crippen molar-refractivity contribution < 1.29 is 14.8 Å². The molecular formula is C12H11N2O3S2. The van der Waals surface area contributed by atoms with E-state index in [-0.39, 0.29) is 11.5 Å². The molecule has 0 aliphatic heterocycles. The monoisotopic (exact) mass is 295 g/mol. The first-order chi connectivity index (χ1) is 9.08. The molecule has 19 heavy (non-hydrogen) atoms. The number of hydroxylamine groups is 2. The third kappa shape index (κ3) is 3.46. The van der Waals surface area contributed by atoms with E-state index in [1.807, 2.05) is 16.8 Å². The van der Waals surface area contributed by atoms with E-state index in [0.29, 0.717) is 12.1 Å². The van der Waals surface area contributed by atoms with E-state index in [0.717, 1.165) is 17.4 Å². The van der Waals surface area contributed by atoms with Crippen LogP contribution < -0.4 is 0 Å². The van der Waals surface area contributed by atoms with E-state index in [9.17, 15) is 14.8 Å². The third-order valence-electron chi connectivity index (χ3n) is 2.47. The summed E-state index contributed by atoms with van der Waals surface area (Å²) < 4.78 is 0. The molecule has 2 aromatic heterocycles. The van der Waals surface area contributed by atoms with E-state index in [1.165, 1.54) is 11.3 Å². The second kappa shape index (κ2) is 6.05. The van der Waals surface area contributed by atoms with Crippen LogP contribution in [-0.2, 0) is 22.4 Å². The fourth-order valence-electron chi connectivity index (χ4n) is 1.50. The zero-order valence-corrected chi connectivity index (χ0v) is 11.8. The van der Waals surface area contributed by atoms with Gasteiger partial charge in [0.25, 0.3) is 5.91 Å². The molecule has 2 aromatic rings. The fraction of sp³-hybridized carbons (Fsp3) is 0.250. The summed E-state index contributed by atoms with van der Waals surface area (Å²) in [6, 6.07) is 2.00. The Morgan fingerprint density at radius 3 is 2.95 bits per heavy atom. The van der Waals surface area contributed by atoms with Crippen molar-refractivity contribution in [2.24, 2.45) is 0 Å². The minimum Gasteiger partial charge on any atom is -0.279 e. The standard InChI is InChI=1S/C12H11N2O3S2/c1-8(15)14(17)12(16)5-10-11(19-7-13-10)4-9-2-3-18-6-9/h2-3,6,17H,4-5H2,1H3. The Bertz CT molecular complexity index is 578. The third-order valence-corrected chi connectivity index (χ3v) is 4.01. The molecule has 0 aromatic carbocycles. The summed E-state index contributed by atoms with van der Waals surface area (Å²) in [4.78, 5) is 27.4. The highest BCUT2D eigenvalue weighted by Gasteiger charge is 2.19. The van der Waals surface area contributed by atoms with Crippen LogP contribution in [0, 0.1) is 5.51 Å². The van der Waals surface area contributed by atoms with Crippen LogP contribution in [0.1, 0.15) is 23.1 Å². The Morgan fingerprint density at radius 1 is 1.53 bits per heavy atom. The molecule has 2 amide bonds. The number of carbonyl (C=O) groups is 2. The molecule has 0 aliphatic rings. The van der Waals surface area contributed by atoms with Gasteiger partial charge in [0, 0.05) is 18.2 Å². The minimum absolute atomic E-state index is 0.102. The average Bonchev–Trinajstić information content (AvgIpc) is 3.01. The number of rotatable bonds is 4. The van der Waals surface area contributed by atoms with Crippen LogP contribution in [0.5, 0.6) is 0 Å². The Balaban J connectivity index is 2.07. The molecule has 2 rings (SSSR count). The Morgan fingerprint density at radius 2 is 2.32 bits per heavy atom. The highest BCUT2D eigenvalue weighted by Crippen LogP contribution is 2.20. The van der Waals surface area contributed by atoms with Crippen LogP contribution in [0.25, 0.3) is 0 Å². The first kappa shape index (κ1) is 13.9. The number of amides is 2. The van der Waals surface area contributed by atoms with Crippen LogP contribution in [0.15, 0.2) is 16.8 Å². The summed E-state index contributed by atoms with van der Waals surface area (Å²) in [5.41, 5.74) is 4.44.